The Morgan fingerprint density at radius 2 is 1.76 bits per heavy atom. The van der Waals surface area contributed by atoms with Gasteiger partial charge in [-0.15, -0.1) is 9.32 Å². The van der Waals surface area contributed by atoms with E-state index < -0.39 is 6.43 Å². The first-order valence-corrected chi connectivity index (χ1v) is 8.08. The molecule has 3 rings (SSSR count). The van der Waals surface area contributed by atoms with Crippen LogP contribution in [0.2, 0.25) is 0 Å². The molecule has 1 heterocycles. The fraction of sp³-hybridized carbons (Fsp3) is 0.118. The molecule has 0 radical (unpaired) electrons. The summed E-state index contributed by atoms with van der Waals surface area (Å²) in [5.41, 5.74) is 2.88. The fourth-order valence-corrected chi connectivity index (χ4v) is 2.70. The molecule has 0 bridgehead atoms. The topological polar surface area (TPSA) is 62.3 Å². The number of benzene rings is 2. The minimum atomic E-state index is -2.64. The van der Waals surface area contributed by atoms with Crippen LogP contribution in [0, 0.1) is 6.92 Å². The number of rotatable bonds is 6. The molecule has 3 aromatic rings. The molecule has 0 aliphatic rings. The van der Waals surface area contributed by atoms with Crippen molar-refractivity contribution in [3.05, 3.63) is 65.9 Å². The normalized spacial score (nSPS) is 11.2. The number of hydrogen-bond donors (Lipinski definition) is 1. The van der Waals surface area contributed by atoms with Crippen LogP contribution in [0.5, 0.6) is 0 Å². The van der Waals surface area contributed by atoms with E-state index >= 15 is 0 Å². The van der Waals surface area contributed by atoms with Gasteiger partial charge in [-0.2, -0.15) is 11.0 Å². The van der Waals surface area contributed by atoms with Crippen LogP contribution in [0.15, 0.2) is 59.5 Å². The number of aryl methyl sites for hydroxylation is 1. The molecule has 0 amide bonds. The Bertz CT molecular complexity index is 836. The Balaban J connectivity index is 2.00. The summed E-state index contributed by atoms with van der Waals surface area (Å²) in [6.07, 6.45) is -2.64. The van der Waals surface area contributed by atoms with Gasteiger partial charge < -0.3 is 0 Å². The van der Waals surface area contributed by atoms with Crippen LogP contribution in [0.25, 0.3) is 16.9 Å². The second kappa shape index (κ2) is 7.75. The van der Waals surface area contributed by atoms with Crippen molar-refractivity contribution >= 4 is 12.0 Å². The van der Waals surface area contributed by atoms with E-state index in [0.717, 1.165) is 28.1 Å². The van der Waals surface area contributed by atoms with Gasteiger partial charge in [0.15, 0.2) is 0 Å². The fourth-order valence-electron chi connectivity index (χ4n) is 2.33. The highest BCUT2D eigenvalue weighted by atomic mass is 32.2. The van der Waals surface area contributed by atoms with Gasteiger partial charge in [-0.05, 0) is 37.3 Å². The van der Waals surface area contributed by atoms with Gasteiger partial charge in [0, 0.05) is 10.5 Å². The molecule has 130 valence electrons. The zero-order chi connectivity index (χ0) is 17.8. The number of aromatic nitrogens is 2. The molecule has 2 N–H and O–H groups in total. The molecule has 0 fully saturated rings. The van der Waals surface area contributed by atoms with Crippen molar-refractivity contribution in [1.29, 1.82) is 0 Å². The van der Waals surface area contributed by atoms with E-state index in [9.17, 15) is 8.78 Å². The minimum Gasteiger partial charge on any atom is -0.233 e. The number of hydrogen-bond acceptors (Lipinski definition) is 5. The summed E-state index contributed by atoms with van der Waals surface area (Å²) in [6.45, 7) is 1.97. The molecule has 1 aromatic heterocycles. The van der Waals surface area contributed by atoms with E-state index in [1.165, 1.54) is 10.7 Å². The summed E-state index contributed by atoms with van der Waals surface area (Å²) in [4.78, 5) is 4.78. The van der Waals surface area contributed by atoms with E-state index in [4.69, 9.17) is 5.90 Å². The lowest BCUT2D eigenvalue weighted by Crippen LogP contribution is -2.00. The lowest BCUT2D eigenvalue weighted by atomic mass is 10.1. The van der Waals surface area contributed by atoms with Crippen molar-refractivity contribution in [3.8, 4) is 16.9 Å². The number of nitrogens with two attached hydrogens (primary N) is 1. The van der Waals surface area contributed by atoms with Gasteiger partial charge in [0.05, 0.1) is 23.4 Å². The maximum atomic E-state index is 13.1. The van der Waals surface area contributed by atoms with Crippen LogP contribution in [-0.2, 0) is 9.32 Å². The van der Waals surface area contributed by atoms with Gasteiger partial charge in [-0.25, -0.2) is 13.5 Å². The number of halogens is 2. The first-order valence-electron chi connectivity index (χ1n) is 7.34. The SMILES string of the molecule is Cc1ccc(-c2cc(C(F)F)nn2-c2ccc(SOON)cc2)cc1. The van der Waals surface area contributed by atoms with Gasteiger partial charge in [0.25, 0.3) is 6.43 Å². The predicted molar refractivity (Wildman–Crippen MR) is 90.9 cm³/mol. The van der Waals surface area contributed by atoms with Crippen LogP contribution >= 0.6 is 12.0 Å². The second-order valence-electron chi connectivity index (χ2n) is 5.27. The number of nitrogens with zero attached hydrogens (tertiary/aromatic N) is 2. The third kappa shape index (κ3) is 4.05. The summed E-state index contributed by atoms with van der Waals surface area (Å²) in [5.74, 6) is 4.80. The molecule has 25 heavy (non-hydrogen) atoms. The smallest absolute Gasteiger partial charge is 0.233 e. The summed E-state index contributed by atoms with van der Waals surface area (Å²) >= 11 is 0.940. The Labute approximate surface area is 147 Å². The minimum absolute atomic E-state index is 0.270. The Kier molecular flexibility index (Phi) is 5.44. The van der Waals surface area contributed by atoms with Gasteiger partial charge >= 0.3 is 0 Å². The maximum Gasteiger partial charge on any atom is 0.282 e. The van der Waals surface area contributed by atoms with E-state index in [1.54, 1.807) is 24.3 Å². The highest BCUT2D eigenvalue weighted by Gasteiger charge is 2.17. The third-order valence-electron chi connectivity index (χ3n) is 3.55. The average Bonchev–Trinajstić information content (AvgIpc) is 3.07. The molecule has 0 aliphatic heterocycles. The summed E-state index contributed by atoms with van der Waals surface area (Å²) < 4.78 is 32.4. The molecule has 0 saturated carbocycles. The first-order chi connectivity index (χ1) is 12.1. The molecule has 5 nitrogen and oxygen atoms in total. The van der Waals surface area contributed by atoms with Gasteiger partial charge in [-0.1, -0.05) is 29.8 Å². The third-order valence-corrected chi connectivity index (χ3v) is 4.16. The summed E-state index contributed by atoms with van der Waals surface area (Å²) in [7, 11) is 0. The van der Waals surface area contributed by atoms with E-state index in [0.29, 0.717) is 11.4 Å². The predicted octanol–water partition coefficient (Wildman–Crippen LogP) is 4.61. The maximum absolute atomic E-state index is 13.1. The molecule has 0 aliphatic carbocycles. The molecule has 0 spiro atoms. The van der Waals surface area contributed by atoms with Crippen molar-refractivity contribution < 1.29 is 18.1 Å². The lowest BCUT2D eigenvalue weighted by Gasteiger charge is -2.08. The quantitative estimate of drug-likeness (QED) is 0.393. The van der Waals surface area contributed by atoms with Crippen molar-refractivity contribution in [2.75, 3.05) is 0 Å². The lowest BCUT2D eigenvalue weighted by molar-refractivity contribution is -0.195. The summed E-state index contributed by atoms with van der Waals surface area (Å²) in [6, 6.07) is 16.0. The first kappa shape index (κ1) is 17.6. The van der Waals surface area contributed by atoms with Crippen LogP contribution in [0.3, 0.4) is 0 Å². The van der Waals surface area contributed by atoms with Crippen molar-refractivity contribution in [1.82, 2.24) is 9.78 Å². The molecule has 2 aromatic carbocycles. The zero-order valence-electron chi connectivity index (χ0n) is 13.2. The van der Waals surface area contributed by atoms with E-state index in [1.807, 2.05) is 31.2 Å². The standard InChI is InChI=1S/C17H15F2N3O2S/c1-11-2-4-12(5-3-11)16-10-15(17(18)19)21-22(16)13-6-8-14(9-7-13)25-24-23-20/h2-10,17H,20H2,1H3. The van der Waals surface area contributed by atoms with E-state index in [2.05, 4.69) is 14.4 Å². The van der Waals surface area contributed by atoms with Crippen LogP contribution in [0.4, 0.5) is 8.78 Å². The van der Waals surface area contributed by atoms with Crippen molar-refractivity contribution in [2.24, 2.45) is 5.90 Å². The second-order valence-corrected chi connectivity index (χ2v) is 6.05. The number of alkyl halides is 2. The monoisotopic (exact) mass is 363 g/mol. The van der Waals surface area contributed by atoms with Gasteiger partial charge in [0.2, 0.25) is 0 Å². The summed E-state index contributed by atoms with van der Waals surface area (Å²) in [5, 5.41) is 4.05. The van der Waals surface area contributed by atoms with Gasteiger partial charge in [0.1, 0.15) is 5.69 Å². The molecule has 0 atom stereocenters. The highest BCUT2D eigenvalue weighted by Crippen LogP contribution is 2.29. The molecular formula is C17H15F2N3O2S. The molecule has 0 unspecified atom stereocenters. The Morgan fingerprint density at radius 1 is 1.08 bits per heavy atom. The van der Waals surface area contributed by atoms with Crippen molar-refractivity contribution in [2.45, 2.75) is 18.2 Å². The zero-order valence-corrected chi connectivity index (χ0v) is 14.0. The highest BCUT2D eigenvalue weighted by molar-refractivity contribution is 7.94. The van der Waals surface area contributed by atoms with Crippen molar-refractivity contribution in [3.63, 3.8) is 0 Å². The molecule has 0 saturated heterocycles. The Hall–Kier alpha value is -2.26. The molecular weight excluding hydrogens is 348 g/mol. The largest absolute Gasteiger partial charge is 0.282 e. The van der Waals surface area contributed by atoms with Crippen LogP contribution in [0.1, 0.15) is 17.7 Å². The van der Waals surface area contributed by atoms with E-state index in [-0.39, 0.29) is 5.69 Å². The average molecular weight is 363 g/mol. The molecule has 8 heteroatoms. The van der Waals surface area contributed by atoms with Crippen LogP contribution in [-0.4, -0.2) is 9.78 Å². The van der Waals surface area contributed by atoms with Gasteiger partial charge in [-0.3, -0.25) is 0 Å². The van der Waals surface area contributed by atoms with Crippen LogP contribution < -0.4 is 5.90 Å². The Morgan fingerprint density at radius 3 is 2.36 bits per heavy atom.